The Morgan fingerprint density at radius 1 is 1.21 bits per heavy atom. The van der Waals surface area contributed by atoms with Gasteiger partial charge in [0.15, 0.2) is 0 Å². The van der Waals surface area contributed by atoms with Gasteiger partial charge in [-0.2, -0.15) is 5.26 Å². The van der Waals surface area contributed by atoms with Crippen molar-refractivity contribution in [1.82, 2.24) is 9.97 Å². The number of hydrogen-bond acceptors (Lipinski definition) is 4. The monoisotopic (exact) mass is 252 g/mol. The summed E-state index contributed by atoms with van der Waals surface area (Å²) in [7, 11) is 0. The molecule has 0 atom stereocenters. The number of carbonyl (C=O) groups excluding carboxylic acids is 1. The molecular formula is C14H12N4O. The first kappa shape index (κ1) is 12.7. The molecule has 1 aromatic carbocycles. The molecule has 5 heteroatoms. The van der Waals surface area contributed by atoms with Crippen LogP contribution in [-0.4, -0.2) is 15.9 Å². The number of amides is 1. The van der Waals surface area contributed by atoms with E-state index < -0.39 is 0 Å². The molecule has 0 spiro atoms. The maximum absolute atomic E-state index is 11.7. The van der Waals surface area contributed by atoms with Crippen molar-refractivity contribution in [1.29, 1.82) is 5.26 Å². The summed E-state index contributed by atoms with van der Waals surface area (Å²) in [6.07, 6.45) is 5.82. The Labute approximate surface area is 110 Å². The highest BCUT2D eigenvalue weighted by molar-refractivity contribution is 5.90. The fraction of sp³-hybridized carbons (Fsp3) is 0.143. The van der Waals surface area contributed by atoms with Gasteiger partial charge in [0.1, 0.15) is 6.33 Å². The Bertz CT molecular complexity index is 587. The van der Waals surface area contributed by atoms with Gasteiger partial charge in [0.05, 0.1) is 11.6 Å². The molecule has 0 fully saturated rings. The summed E-state index contributed by atoms with van der Waals surface area (Å²) in [4.78, 5) is 19.5. The molecule has 0 unspecified atom stereocenters. The highest BCUT2D eigenvalue weighted by Crippen LogP contribution is 2.09. The lowest BCUT2D eigenvalue weighted by atomic mass is 10.2. The van der Waals surface area contributed by atoms with Crippen molar-refractivity contribution in [2.45, 2.75) is 12.8 Å². The van der Waals surface area contributed by atoms with Crippen LogP contribution in [0.15, 0.2) is 43.0 Å². The summed E-state index contributed by atoms with van der Waals surface area (Å²) in [5, 5.41) is 11.4. The SMILES string of the molecule is N#Cc1ccc(NC(=O)CCc2cncnc2)cc1. The largest absolute Gasteiger partial charge is 0.326 e. The second kappa shape index (κ2) is 6.26. The molecule has 0 aliphatic heterocycles. The average Bonchev–Trinajstić information content (AvgIpc) is 2.47. The molecule has 0 radical (unpaired) electrons. The van der Waals surface area contributed by atoms with Gasteiger partial charge >= 0.3 is 0 Å². The molecule has 0 aliphatic carbocycles. The summed E-state index contributed by atoms with van der Waals surface area (Å²) in [5.74, 6) is -0.0754. The molecule has 5 nitrogen and oxygen atoms in total. The number of nitriles is 1. The van der Waals surface area contributed by atoms with Crippen LogP contribution in [0.3, 0.4) is 0 Å². The van der Waals surface area contributed by atoms with Gasteiger partial charge in [0.25, 0.3) is 0 Å². The van der Waals surface area contributed by atoms with Crippen molar-refractivity contribution >= 4 is 11.6 Å². The smallest absolute Gasteiger partial charge is 0.224 e. The molecule has 19 heavy (non-hydrogen) atoms. The van der Waals surface area contributed by atoms with Gasteiger partial charge in [0.2, 0.25) is 5.91 Å². The van der Waals surface area contributed by atoms with Crippen LogP contribution < -0.4 is 5.32 Å². The van der Waals surface area contributed by atoms with Crippen LogP contribution in [0, 0.1) is 11.3 Å². The number of nitrogens with zero attached hydrogens (tertiary/aromatic N) is 3. The molecule has 0 saturated carbocycles. The first-order chi connectivity index (χ1) is 9.28. The predicted octanol–water partition coefficient (Wildman–Crippen LogP) is 1.92. The highest BCUT2D eigenvalue weighted by atomic mass is 16.1. The molecule has 1 heterocycles. The summed E-state index contributed by atoms with van der Waals surface area (Å²) >= 11 is 0. The molecule has 2 rings (SSSR count). The third-order valence-corrected chi connectivity index (χ3v) is 2.55. The zero-order chi connectivity index (χ0) is 13.5. The molecule has 94 valence electrons. The zero-order valence-electron chi connectivity index (χ0n) is 10.2. The quantitative estimate of drug-likeness (QED) is 0.901. The zero-order valence-corrected chi connectivity index (χ0v) is 10.2. The maximum atomic E-state index is 11.7. The van der Waals surface area contributed by atoms with Crippen LogP contribution in [0.1, 0.15) is 17.5 Å². The number of rotatable bonds is 4. The topological polar surface area (TPSA) is 78.7 Å². The van der Waals surface area contributed by atoms with E-state index >= 15 is 0 Å². The van der Waals surface area contributed by atoms with Crippen LogP contribution in [0.4, 0.5) is 5.69 Å². The van der Waals surface area contributed by atoms with Gasteiger partial charge in [-0.25, -0.2) is 9.97 Å². The number of carbonyl (C=O) groups is 1. The van der Waals surface area contributed by atoms with Crippen molar-refractivity contribution in [3.63, 3.8) is 0 Å². The van der Waals surface area contributed by atoms with Crippen LogP contribution in [0.25, 0.3) is 0 Å². The molecule has 1 N–H and O–H groups in total. The van der Waals surface area contributed by atoms with Gasteiger partial charge in [0, 0.05) is 24.5 Å². The van der Waals surface area contributed by atoms with Crippen LogP contribution in [0.2, 0.25) is 0 Å². The Hall–Kier alpha value is -2.74. The standard InChI is InChI=1S/C14H12N4O/c15-7-11-1-4-13(5-2-11)18-14(19)6-3-12-8-16-10-17-9-12/h1-2,4-5,8-10H,3,6H2,(H,18,19). The van der Waals surface area contributed by atoms with Gasteiger partial charge in [-0.3, -0.25) is 4.79 Å². The Morgan fingerprint density at radius 2 is 1.89 bits per heavy atom. The van der Waals surface area contributed by atoms with Gasteiger partial charge in [-0.05, 0) is 36.2 Å². The number of aryl methyl sites for hydroxylation is 1. The van der Waals surface area contributed by atoms with E-state index in [0.29, 0.717) is 24.1 Å². The highest BCUT2D eigenvalue weighted by Gasteiger charge is 2.03. The average molecular weight is 252 g/mol. The predicted molar refractivity (Wildman–Crippen MR) is 70.1 cm³/mol. The molecular weight excluding hydrogens is 240 g/mol. The maximum Gasteiger partial charge on any atom is 0.224 e. The normalized spacial score (nSPS) is 9.63. The van der Waals surface area contributed by atoms with E-state index in [1.165, 1.54) is 6.33 Å². The van der Waals surface area contributed by atoms with E-state index in [9.17, 15) is 4.79 Å². The second-order valence-corrected chi connectivity index (χ2v) is 3.98. The number of benzene rings is 1. The summed E-state index contributed by atoms with van der Waals surface area (Å²) in [5.41, 5.74) is 2.19. The summed E-state index contributed by atoms with van der Waals surface area (Å²) in [6, 6.07) is 8.78. The molecule has 2 aromatic rings. The first-order valence-electron chi connectivity index (χ1n) is 5.82. The molecule has 1 amide bonds. The van der Waals surface area contributed by atoms with Crippen molar-refractivity contribution in [3.05, 3.63) is 54.1 Å². The van der Waals surface area contributed by atoms with E-state index in [1.807, 2.05) is 6.07 Å². The van der Waals surface area contributed by atoms with Gasteiger partial charge < -0.3 is 5.32 Å². The Kier molecular flexibility index (Phi) is 4.19. The van der Waals surface area contributed by atoms with E-state index in [1.54, 1.807) is 36.7 Å². The Morgan fingerprint density at radius 3 is 2.53 bits per heavy atom. The lowest BCUT2D eigenvalue weighted by Gasteiger charge is -2.04. The first-order valence-corrected chi connectivity index (χ1v) is 5.82. The number of anilines is 1. The van der Waals surface area contributed by atoms with E-state index in [-0.39, 0.29) is 5.91 Å². The lowest BCUT2D eigenvalue weighted by Crippen LogP contribution is -2.12. The van der Waals surface area contributed by atoms with Crippen LogP contribution in [-0.2, 0) is 11.2 Å². The summed E-state index contributed by atoms with van der Waals surface area (Å²) < 4.78 is 0. The van der Waals surface area contributed by atoms with E-state index in [0.717, 1.165) is 5.56 Å². The van der Waals surface area contributed by atoms with Gasteiger partial charge in [-0.1, -0.05) is 0 Å². The minimum atomic E-state index is -0.0754. The molecule has 0 saturated heterocycles. The van der Waals surface area contributed by atoms with E-state index in [4.69, 9.17) is 5.26 Å². The van der Waals surface area contributed by atoms with Crippen LogP contribution >= 0.6 is 0 Å². The van der Waals surface area contributed by atoms with E-state index in [2.05, 4.69) is 15.3 Å². The van der Waals surface area contributed by atoms with Gasteiger partial charge in [-0.15, -0.1) is 0 Å². The number of hydrogen-bond donors (Lipinski definition) is 1. The van der Waals surface area contributed by atoms with Crippen LogP contribution in [0.5, 0.6) is 0 Å². The fourth-order valence-corrected chi connectivity index (χ4v) is 1.57. The van der Waals surface area contributed by atoms with Crippen molar-refractivity contribution < 1.29 is 4.79 Å². The Balaban J connectivity index is 1.86. The molecule has 0 aliphatic rings. The van der Waals surface area contributed by atoms with Crippen molar-refractivity contribution in [3.8, 4) is 6.07 Å². The lowest BCUT2D eigenvalue weighted by molar-refractivity contribution is -0.116. The molecule has 0 bridgehead atoms. The minimum absolute atomic E-state index is 0.0754. The number of aromatic nitrogens is 2. The third kappa shape index (κ3) is 3.89. The van der Waals surface area contributed by atoms with Crippen molar-refractivity contribution in [2.24, 2.45) is 0 Å². The fourth-order valence-electron chi connectivity index (χ4n) is 1.57. The second-order valence-electron chi connectivity index (χ2n) is 3.98. The minimum Gasteiger partial charge on any atom is -0.326 e. The summed E-state index contributed by atoms with van der Waals surface area (Å²) in [6.45, 7) is 0. The molecule has 1 aromatic heterocycles. The number of nitrogens with one attached hydrogen (secondary N) is 1. The van der Waals surface area contributed by atoms with Crippen molar-refractivity contribution in [2.75, 3.05) is 5.32 Å². The third-order valence-electron chi connectivity index (χ3n) is 2.55.